The Morgan fingerprint density at radius 1 is 1.14 bits per heavy atom. The number of aromatic nitrogens is 1. The number of hydrogen-bond donors (Lipinski definition) is 1. The number of carbonyl (C=O) groups is 1. The van der Waals surface area contributed by atoms with E-state index in [0.717, 1.165) is 65.0 Å². The van der Waals surface area contributed by atoms with Crippen molar-refractivity contribution < 1.29 is 9.53 Å². The molecule has 8 heteroatoms. The van der Waals surface area contributed by atoms with Crippen LogP contribution in [-0.4, -0.2) is 49.2 Å². The van der Waals surface area contributed by atoms with Gasteiger partial charge in [-0.15, -0.1) is 0 Å². The molecule has 0 atom stereocenters. The van der Waals surface area contributed by atoms with Crippen molar-refractivity contribution >= 4 is 44.9 Å². The standard InChI is InChI=1S/C27H28BrClN4O2/c1-32-11-6-18(7-12-32)17-35-26-16-25-20(14-23(26)28)8-13-33(25)27(34)31-21-2-3-22(24(29)15-21)19-4-9-30-10-5-19/h2-5,9-10,14-16,18H,6-8,11-13,17H2,1H3,(H,31,34). The predicted octanol–water partition coefficient (Wildman–Crippen LogP) is 6.48. The Bertz CT molecular complexity index is 1220. The van der Waals surface area contributed by atoms with Gasteiger partial charge in [0.2, 0.25) is 0 Å². The SMILES string of the molecule is CN1CCC(COc2cc3c(cc2Br)CCN3C(=O)Nc2ccc(-c3ccncc3)c(Cl)c2)CC1. The number of pyridine rings is 1. The number of hydrogen-bond acceptors (Lipinski definition) is 4. The normalized spacial score (nSPS) is 16.3. The maximum atomic E-state index is 13.2. The van der Waals surface area contributed by atoms with Gasteiger partial charge >= 0.3 is 6.03 Å². The van der Waals surface area contributed by atoms with E-state index in [0.29, 0.717) is 29.8 Å². The van der Waals surface area contributed by atoms with Crippen LogP contribution in [0, 0.1) is 5.92 Å². The molecule has 6 nitrogen and oxygen atoms in total. The highest BCUT2D eigenvalue weighted by molar-refractivity contribution is 9.10. The van der Waals surface area contributed by atoms with Crippen molar-refractivity contribution in [2.45, 2.75) is 19.3 Å². The number of nitrogens with zero attached hydrogens (tertiary/aromatic N) is 3. The van der Waals surface area contributed by atoms with Crippen LogP contribution in [0.4, 0.5) is 16.2 Å². The number of amides is 2. The Morgan fingerprint density at radius 2 is 1.91 bits per heavy atom. The van der Waals surface area contributed by atoms with Crippen molar-refractivity contribution in [3.05, 3.63) is 69.9 Å². The van der Waals surface area contributed by atoms with Gasteiger partial charge in [-0.1, -0.05) is 17.7 Å². The molecule has 3 aromatic rings. The van der Waals surface area contributed by atoms with Crippen molar-refractivity contribution in [2.24, 2.45) is 5.92 Å². The molecule has 2 aromatic carbocycles. The summed E-state index contributed by atoms with van der Waals surface area (Å²) in [5.74, 6) is 1.35. The summed E-state index contributed by atoms with van der Waals surface area (Å²) in [6.07, 6.45) is 6.57. The molecule has 5 rings (SSSR count). The number of ether oxygens (including phenoxy) is 1. The van der Waals surface area contributed by atoms with Crippen LogP contribution >= 0.6 is 27.5 Å². The maximum absolute atomic E-state index is 13.2. The highest BCUT2D eigenvalue weighted by Crippen LogP contribution is 2.38. The summed E-state index contributed by atoms with van der Waals surface area (Å²) in [7, 11) is 2.16. The zero-order valence-electron chi connectivity index (χ0n) is 19.6. The van der Waals surface area contributed by atoms with Gasteiger partial charge in [-0.3, -0.25) is 9.88 Å². The number of halogens is 2. The molecule has 2 aliphatic rings. The molecule has 2 amide bonds. The topological polar surface area (TPSA) is 57.7 Å². The summed E-state index contributed by atoms with van der Waals surface area (Å²) in [5.41, 5.74) is 4.56. The second-order valence-electron chi connectivity index (χ2n) is 9.23. The number of urea groups is 1. The third kappa shape index (κ3) is 5.47. The highest BCUT2D eigenvalue weighted by Gasteiger charge is 2.27. The van der Waals surface area contributed by atoms with Crippen LogP contribution in [0.5, 0.6) is 5.75 Å². The molecule has 1 aromatic heterocycles. The minimum atomic E-state index is -0.180. The van der Waals surface area contributed by atoms with Gasteiger partial charge in [0.25, 0.3) is 0 Å². The van der Waals surface area contributed by atoms with E-state index in [-0.39, 0.29) is 6.03 Å². The summed E-state index contributed by atoms with van der Waals surface area (Å²) < 4.78 is 7.14. The van der Waals surface area contributed by atoms with E-state index < -0.39 is 0 Å². The van der Waals surface area contributed by atoms with Crippen molar-refractivity contribution in [1.29, 1.82) is 0 Å². The Morgan fingerprint density at radius 3 is 2.66 bits per heavy atom. The van der Waals surface area contributed by atoms with E-state index in [2.05, 4.69) is 44.2 Å². The Hall–Kier alpha value is -2.61. The average Bonchev–Trinajstić information content (AvgIpc) is 3.27. The molecule has 1 saturated heterocycles. The van der Waals surface area contributed by atoms with Gasteiger partial charge < -0.3 is 15.0 Å². The zero-order chi connectivity index (χ0) is 24.4. The molecule has 35 heavy (non-hydrogen) atoms. The lowest BCUT2D eigenvalue weighted by Crippen LogP contribution is -2.33. The first-order valence-electron chi connectivity index (χ1n) is 11.9. The Balaban J connectivity index is 1.27. The van der Waals surface area contributed by atoms with E-state index >= 15 is 0 Å². The molecule has 1 N–H and O–H groups in total. The molecule has 182 valence electrons. The molecule has 3 heterocycles. The van der Waals surface area contributed by atoms with Gasteiger partial charge in [0.1, 0.15) is 5.75 Å². The van der Waals surface area contributed by atoms with E-state index in [1.807, 2.05) is 30.3 Å². The molecule has 0 unspecified atom stereocenters. The van der Waals surface area contributed by atoms with Crippen molar-refractivity contribution in [3.8, 4) is 16.9 Å². The van der Waals surface area contributed by atoms with Gasteiger partial charge in [-0.2, -0.15) is 0 Å². The molecule has 0 bridgehead atoms. The zero-order valence-corrected chi connectivity index (χ0v) is 22.0. The number of piperidine rings is 1. The number of anilines is 2. The van der Waals surface area contributed by atoms with E-state index in [1.54, 1.807) is 23.4 Å². The summed E-state index contributed by atoms with van der Waals surface area (Å²) in [4.78, 5) is 21.4. The first-order valence-corrected chi connectivity index (χ1v) is 13.1. The van der Waals surface area contributed by atoms with Crippen molar-refractivity contribution in [1.82, 2.24) is 9.88 Å². The number of nitrogens with one attached hydrogen (secondary N) is 1. The van der Waals surface area contributed by atoms with Crippen molar-refractivity contribution in [2.75, 3.05) is 43.5 Å². The molecule has 0 spiro atoms. The molecular weight excluding hydrogens is 528 g/mol. The Labute approximate surface area is 219 Å². The lowest BCUT2D eigenvalue weighted by Gasteiger charge is -2.29. The van der Waals surface area contributed by atoms with Crippen LogP contribution in [0.3, 0.4) is 0 Å². The van der Waals surface area contributed by atoms with E-state index in [1.165, 1.54) is 0 Å². The number of rotatable bonds is 5. The van der Waals surface area contributed by atoms with Crippen LogP contribution in [0.25, 0.3) is 11.1 Å². The minimum absolute atomic E-state index is 0.180. The Kier molecular flexibility index (Phi) is 7.27. The number of likely N-dealkylation sites (tertiary alicyclic amines) is 1. The van der Waals surface area contributed by atoms with E-state index in [9.17, 15) is 4.79 Å². The first-order chi connectivity index (χ1) is 17.0. The predicted molar refractivity (Wildman–Crippen MR) is 145 cm³/mol. The number of benzene rings is 2. The summed E-state index contributed by atoms with van der Waals surface area (Å²) in [5, 5.41) is 3.57. The van der Waals surface area contributed by atoms with Crippen LogP contribution < -0.4 is 15.0 Å². The monoisotopic (exact) mass is 554 g/mol. The van der Waals surface area contributed by atoms with Gasteiger partial charge in [-0.25, -0.2) is 4.79 Å². The molecule has 0 radical (unpaired) electrons. The first kappa shape index (κ1) is 24.1. The lowest BCUT2D eigenvalue weighted by molar-refractivity contribution is 0.159. The fraction of sp³-hybridized carbons (Fsp3) is 0.333. The third-order valence-electron chi connectivity index (χ3n) is 6.80. The summed E-state index contributed by atoms with van der Waals surface area (Å²) >= 11 is 10.2. The average molecular weight is 556 g/mol. The largest absolute Gasteiger partial charge is 0.492 e. The van der Waals surface area contributed by atoms with Gasteiger partial charge in [0, 0.05) is 36.3 Å². The molecule has 1 fully saturated rings. The molecule has 0 saturated carbocycles. The maximum Gasteiger partial charge on any atom is 0.326 e. The number of fused-ring (bicyclic) bond motifs is 1. The summed E-state index contributed by atoms with van der Waals surface area (Å²) in [6.45, 7) is 3.54. The van der Waals surface area contributed by atoms with Gasteiger partial charge in [0.05, 0.1) is 21.8 Å². The fourth-order valence-electron chi connectivity index (χ4n) is 4.70. The van der Waals surface area contributed by atoms with Gasteiger partial charge in [-0.05, 0) is 103 Å². The van der Waals surface area contributed by atoms with Crippen molar-refractivity contribution in [3.63, 3.8) is 0 Å². The quantitative estimate of drug-likeness (QED) is 0.391. The minimum Gasteiger partial charge on any atom is -0.492 e. The number of carbonyl (C=O) groups excluding carboxylic acids is 1. The summed E-state index contributed by atoms with van der Waals surface area (Å²) in [6, 6.07) is 13.3. The van der Waals surface area contributed by atoms with E-state index in [4.69, 9.17) is 16.3 Å². The molecule has 0 aliphatic carbocycles. The second-order valence-corrected chi connectivity index (χ2v) is 10.5. The van der Waals surface area contributed by atoms with Gasteiger partial charge in [0.15, 0.2) is 0 Å². The molecular formula is C27H28BrClN4O2. The second kappa shape index (κ2) is 10.6. The van der Waals surface area contributed by atoms with Crippen LogP contribution in [0.1, 0.15) is 18.4 Å². The fourth-order valence-corrected chi connectivity index (χ4v) is 5.49. The van der Waals surface area contributed by atoms with Crippen LogP contribution in [0.2, 0.25) is 5.02 Å². The third-order valence-corrected chi connectivity index (χ3v) is 7.73. The van der Waals surface area contributed by atoms with Crippen LogP contribution in [-0.2, 0) is 6.42 Å². The molecule has 2 aliphatic heterocycles. The highest BCUT2D eigenvalue weighted by atomic mass is 79.9. The lowest BCUT2D eigenvalue weighted by atomic mass is 9.98. The smallest absolute Gasteiger partial charge is 0.326 e. The van der Waals surface area contributed by atoms with Crippen LogP contribution in [0.15, 0.2) is 59.3 Å².